The summed E-state index contributed by atoms with van der Waals surface area (Å²) < 4.78 is 10.5. The molecule has 1 saturated heterocycles. The Morgan fingerprint density at radius 3 is 2.47 bits per heavy atom. The zero-order chi connectivity index (χ0) is 13.7. The zero-order valence-electron chi connectivity index (χ0n) is 11.8. The average molecular weight is 263 g/mol. The van der Waals surface area contributed by atoms with Crippen molar-refractivity contribution < 1.29 is 9.47 Å². The summed E-state index contributed by atoms with van der Waals surface area (Å²) in [5.41, 5.74) is 0.960. The molecule has 1 heterocycles. The topological polar surface area (TPSA) is 37.3 Å². The van der Waals surface area contributed by atoms with Gasteiger partial charge in [0.1, 0.15) is 11.5 Å². The maximum Gasteiger partial charge on any atom is 0.131 e. The van der Waals surface area contributed by atoms with E-state index in [2.05, 4.69) is 22.1 Å². The van der Waals surface area contributed by atoms with Gasteiger partial charge in [0.2, 0.25) is 0 Å². The van der Waals surface area contributed by atoms with Gasteiger partial charge in [-0.3, -0.25) is 5.01 Å². The van der Waals surface area contributed by atoms with Crippen LogP contribution in [0.2, 0.25) is 0 Å². The highest BCUT2D eigenvalue weighted by molar-refractivity contribution is 5.83. The van der Waals surface area contributed by atoms with Gasteiger partial charge in [-0.25, -0.2) is 0 Å². The van der Waals surface area contributed by atoms with Crippen molar-refractivity contribution in [1.29, 1.82) is 0 Å². The van der Waals surface area contributed by atoms with E-state index in [1.807, 2.05) is 24.4 Å². The lowest BCUT2D eigenvalue weighted by atomic mass is 10.2. The highest BCUT2D eigenvalue weighted by atomic mass is 16.5. The number of rotatable bonds is 4. The first-order chi connectivity index (χ1) is 9.22. The molecular weight excluding hydrogens is 242 g/mol. The van der Waals surface area contributed by atoms with Crippen LogP contribution in [-0.2, 0) is 0 Å². The van der Waals surface area contributed by atoms with Gasteiger partial charge in [-0.05, 0) is 19.2 Å². The number of hydrogen-bond donors (Lipinski definition) is 0. The van der Waals surface area contributed by atoms with Crippen molar-refractivity contribution in [3.05, 3.63) is 23.8 Å². The van der Waals surface area contributed by atoms with Gasteiger partial charge in [0.25, 0.3) is 0 Å². The molecule has 0 N–H and O–H groups in total. The molecule has 0 saturated carbocycles. The van der Waals surface area contributed by atoms with Crippen molar-refractivity contribution in [1.82, 2.24) is 9.91 Å². The van der Waals surface area contributed by atoms with Crippen molar-refractivity contribution in [3.8, 4) is 11.5 Å². The fourth-order valence-electron chi connectivity index (χ4n) is 1.98. The number of hydrazone groups is 1. The van der Waals surface area contributed by atoms with Gasteiger partial charge in [0.15, 0.2) is 0 Å². The number of likely N-dealkylation sites (N-methyl/N-ethyl adjacent to an activating group) is 1. The Kier molecular flexibility index (Phi) is 4.63. The molecule has 0 spiro atoms. The highest BCUT2D eigenvalue weighted by Gasteiger charge is 2.11. The minimum Gasteiger partial charge on any atom is -0.497 e. The average Bonchev–Trinajstić information content (AvgIpc) is 2.46. The number of ether oxygens (including phenoxy) is 2. The standard InChI is InChI=1S/C14H21N3O2/c1-16-6-8-17(9-7-16)15-11-12-4-5-13(18-2)10-14(12)19-3/h4-5,10-11H,6-9H2,1-3H3/b15-11+. The Hall–Kier alpha value is -1.75. The van der Waals surface area contributed by atoms with E-state index in [1.165, 1.54) is 0 Å². The van der Waals surface area contributed by atoms with Crippen LogP contribution in [0.5, 0.6) is 11.5 Å². The normalized spacial score (nSPS) is 16.9. The Balaban J connectivity index is 2.05. The van der Waals surface area contributed by atoms with Crippen LogP contribution < -0.4 is 9.47 Å². The number of nitrogens with zero attached hydrogens (tertiary/aromatic N) is 3. The van der Waals surface area contributed by atoms with E-state index in [1.54, 1.807) is 14.2 Å². The van der Waals surface area contributed by atoms with Gasteiger partial charge in [-0.2, -0.15) is 5.10 Å². The van der Waals surface area contributed by atoms with Crippen LogP contribution in [-0.4, -0.2) is 63.6 Å². The smallest absolute Gasteiger partial charge is 0.131 e. The molecule has 0 radical (unpaired) electrons. The summed E-state index contributed by atoms with van der Waals surface area (Å²) >= 11 is 0. The van der Waals surface area contributed by atoms with Crippen molar-refractivity contribution in [2.45, 2.75) is 0 Å². The van der Waals surface area contributed by atoms with Crippen LogP contribution in [0.15, 0.2) is 23.3 Å². The quantitative estimate of drug-likeness (QED) is 0.767. The first-order valence-electron chi connectivity index (χ1n) is 6.42. The fraction of sp³-hybridized carbons (Fsp3) is 0.500. The van der Waals surface area contributed by atoms with E-state index in [0.29, 0.717) is 0 Å². The molecule has 0 atom stereocenters. The summed E-state index contributed by atoms with van der Waals surface area (Å²) in [5, 5.41) is 6.60. The molecule has 0 amide bonds. The number of piperazine rings is 1. The van der Waals surface area contributed by atoms with Crippen molar-refractivity contribution in [2.24, 2.45) is 5.10 Å². The molecule has 0 unspecified atom stereocenters. The summed E-state index contributed by atoms with van der Waals surface area (Å²) in [6.07, 6.45) is 1.85. The largest absolute Gasteiger partial charge is 0.497 e. The first-order valence-corrected chi connectivity index (χ1v) is 6.42. The molecule has 0 aromatic heterocycles. The predicted molar refractivity (Wildman–Crippen MR) is 76.2 cm³/mol. The lowest BCUT2D eigenvalue weighted by molar-refractivity contribution is 0.159. The van der Waals surface area contributed by atoms with Gasteiger partial charge >= 0.3 is 0 Å². The predicted octanol–water partition coefficient (Wildman–Crippen LogP) is 1.29. The van der Waals surface area contributed by atoms with E-state index in [0.717, 1.165) is 43.2 Å². The second-order valence-electron chi connectivity index (χ2n) is 4.61. The van der Waals surface area contributed by atoms with Gasteiger partial charge in [-0.15, -0.1) is 0 Å². The first kappa shape index (κ1) is 13.7. The molecule has 1 fully saturated rings. The van der Waals surface area contributed by atoms with Crippen LogP contribution in [0.3, 0.4) is 0 Å². The van der Waals surface area contributed by atoms with Crippen LogP contribution >= 0.6 is 0 Å². The molecule has 0 bridgehead atoms. The van der Waals surface area contributed by atoms with Crippen molar-refractivity contribution in [3.63, 3.8) is 0 Å². The maximum absolute atomic E-state index is 5.35. The lowest BCUT2D eigenvalue weighted by Gasteiger charge is -2.30. The fourth-order valence-corrected chi connectivity index (χ4v) is 1.98. The molecule has 19 heavy (non-hydrogen) atoms. The van der Waals surface area contributed by atoms with E-state index < -0.39 is 0 Å². The maximum atomic E-state index is 5.35. The Morgan fingerprint density at radius 1 is 1.11 bits per heavy atom. The molecule has 2 rings (SSSR count). The minimum absolute atomic E-state index is 0.775. The number of benzene rings is 1. The Labute approximate surface area is 114 Å². The number of methoxy groups -OCH3 is 2. The van der Waals surface area contributed by atoms with Crippen LogP contribution in [0.25, 0.3) is 0 Å². The summed E-state index contributed by atoms with van der Waals surface area (Å²) in [6, 6.07) is 5.73. The second kappa shape index (κ2) is 6.43. The summed E-state index contributed by atoms with van der Waals surface area (Å²) in [5.74, 6) is 1.56. The van der Waals surface area contributed by atoms with Crippen molar-refractivity contribution in [2.75, 3.05) is 47.4 Å². The Bertz CT molecular complexity index is 440. The van der Waals surface area contributed by atoms with Crippen LogP contribution in [0, 0.1) is 0 Å². The molecular formula is C14H21N3O2. The number of hydrogen-bond acceptors (Lipinski definition) is 5. The highest BCUT2D eigenvalue weighted by Crippen LogP contribution is 2.23. The lowest BCUT2D eigenvalue weighted by Crippen LogP contribution is -2.41. The summed E-state index contributed by atoms with van der Waals surface area (Å²) in [4.78, 5) is 2.31. The van der Waals surface area contributed by atoms with Gasteiger partial charge in [0.05, 0.1) is 20.4 Å². The zero-order valence-corrected chi connectivity index (χ0v) is 11.8. The molecule has 1 aliphatic heterocycles. The molecule has 1 aliphatic rings. The van der Waals surface area contributed by atoms with Gasteiger partial charge in [-0.1, -0.05) is 0 Å². The third-order valence-corrected chi connectivity index (χ3v) is 3.28. The molecule has 1 aromatic rings. The SMILES string of the molecule is COc1ccc(/C=N/N2CCN(C)CC2)c(OC)c1. The van der Waals surface area contributed by atoms with E-state index in [4.69, 9.17) is 9.47 Å². The molecule has 1 aromatic carbocycles. The summed E-state index contributed by atoms with van der Waals surface area (Å²) in [7, 11) is 5.43. The van der Waals surface area contributed by atoms with Crippen LogP contribution in [0.1, 0.15) is 5.56 Å². The third-order valence-electron chi connectivity index (χ3n) is 3.28. The van der Waals surface area contributed by atoms with Gasteiger partial charge in [0, 0.05) is 37.8 Å². The summed E-state index contributed by atoms with van der Waals surface area (Å²) in [6.45, 7) is 4.03. The minimum atomic E-state index is 0.775. The van der Waals surface area contributed by atoms with E-state index in [9.17, 15) is 0 Å². The van der Waals surface area contributed by atoms with Gasteiger partial charge < -0.3 is 14.4 Å². The molecule has 104 valence electrons. The molecule has 5 nitrogen and oxygen atoms in total. The van der Waals surface area contributed by atoms with E-state index in [-0.39, 0.29) is 0 Å². The molecule has 0 aliphatic carbocycles. The third kappa shape index (κ3) is 3.61. The monoisotopic (exact) mass is 263 g/mol. The molecule has 5 heteroatoms. The van der Waals surface area contributed by atoms with Crippen molar-refractivity contribution >= 4 is 6.21 Å². The second-order valence-corrected chi connectivity index (χ2v) is 4.61. The van der Waals surface area contributed by atoms with E-state index >= 15 is 0 Å². The Morgan fingerprint density at radius 2 is 1.84 bits per heavy atom. The van der Waals surface area contributed by atoms with Crippen LogP contribution in [0.4, 0.5) is 0 Å².